The van der Waals surface area contributed by atoms with Gasteiger partial charge >= 0.3 is 0 Å². The van der Waals surface area contributed by atoms with Crippen LogP contribution in [0.5, 0.6) is 5.88 Å². The summed E-state index contributed by atoms with van der Waals surface area (Å²) in [5, 5.41) is 7.23. The highest BCUT2D eigenvalue weighted by atomic mass is 16.5. The molecule has 0 atom stereocenters. The minimum absolute atomic E-state index is 0.507. The molecule has 0 aromatic carbocycles. The van der Waals surface area contributed by atoms with Crippen molar-refractivity contribution in [3.63, 3.8) is 0 Å². The lowest BCUT2D eigenvalue weighted by Crippen LogP contribution is -1.98. The Bertz CT molecular complexity index is 280. The van der Waals surface area contributed by atoms with Crippen LogP contribution in [0.1, 0.15) is 0 Å². The Morgan fingerprint density at radius 3 is 3.18 bits per heavy atom. The van der Waals surface area contributed by atoms with Gasteiger partial charge in [0.1, 0.15) is 5.69 Å². The number of aromatic nitrogens is 2. The average Bonchev–Trinajstić information content (AvgIpc) is 2.53. The smallest absolute Gasteiger partial charge is 0.258 e. The fourth-order valence-electron chi connectivity index (χ4n) is 1.23. The van der Waals surface area contributed by atoms with Crippen molar-refractivity contribution in [2.24, 2.45) is 0 Å². The van der Waals surface area contributed by atoms with E-state index < -0.39 is 0 Å². The minimum atomic E-state index is 0.507. The number of nitrogens with two attached hydrogens (primary N) is 1. The van der Waals surface area contributed by atoms with Crippen LogP contribution in [0.2, 0.25) is 0 Å². The van der Waals surface area contributed by atoms with E-state index in [2.05, 4.69) is 10.4 Å². The van der Waals surface area contributed by atoms with Gasteiger partial charge in [-0.15, -0.1) is 5.10 Å². The van der Waals surface area contributed by atoms with Crippen LogP contribution in [-0.4, -0.2) is 23.4 Å². The van der Waals surface area contributed by atoms with E-state index in [0.717, 1.165) is 18.9 Å². The Kier molecular flexibility index (Phi) is 1.18. The third kappa shape index (κ3) is 0.736. The van der Waals surface area contributed by atoms with Crippen LogP contribution in [0, 0.1) is 0 Å². The highest BCUT2D eigenvalue weighted by Crippen LogP contribution is 2.30. The van der Waals surface area contributed by atoms with Crippen LogP contribution in [0.15, 0.2) is 0 Å². The van der Waals surface area contributed by atoms with Crippen LogP contribution < -0.4 is 15.8 Å². The molecule has 0 bridgehead atoms. The number of fused-ring (bicyclic) bond motifs is 1. The first-order valence-corrected chi connectivity index (χ1v) is 3.47. The van der Waals surface area contributed by atoms with E-state index >= 15 is 0 Å². The first-order chi connectivity index (χ1) is 5.33. The van der Waals surface area contributed by atoms with Crippen LogP contribution in [0.4, 0.5) is 11.5 Å². The molecule has 0 unspecified atom stereocenters. The number of nitrogens with one attached hydrogen (secondary N) is 1. The van der Waals surface area contributed by atoms with E-state index in [0.29, 0.717) is 11.6 Å². The van der Waals surface area contributed by atoms with Crippen molar-refractivity contribution in [1.29, 1.82) is 0 Å². The van der Waals surface area contributed by atoms with Crippen molar-refractivity contribution in [2.75, 3.05) is 24.7 Å². The molecule has 0 aliphatic carbocycles. The van der Waals surface area contributed by atoms with Gasteiger partial charge in [0, 0.05) is 6.54 Å². The van der Waals surface area contributed by atoms with Gasteiger partial charge in [-0.25, -0.2) is 4.68 Å². The van der Waals surface area contributed by atoms with Crippen molar-refractivity contribution in [2.45, 2.75) is 6.54 Å². The lowest BCUT2D eigenvalue weighted by Gasteiger charge is -1.95. The zero-order valence-electron chi connectivity index (χ0n) is 6.29. The molecule has 0 saturated heterocycles. The summed E-state index contributed by atoms with van der Waals surface area (Å²) in [6.45, 7) is 1.76. The summed E-state index contributed by atoms with van der Waals surface area (Å²) in [5.41, 5.74) is 6.30. The van der Waals surface area contributed by atoms with Gasteiger partial charge in [0.05, 0.1) is 13.7 Å². The van der Waals surface area contributed by atoms with Crippen molar-refractivity contribution >= 4 is 11.5 Å². The maximum absolute atomic E-state index is 5.69. The van der Waals surface area contributed by atoms with Gasteiger partial charge in [-0.2, -0.15) is 0 Å². The monoisotopic (exact) mass is 154 g/mol. The van der Waals surface area contributed by atoms with Crippen LogP contribution in [0.3, 0.4) is 0 Å². The molecule has 2 heterocycles. The Labute approximate surface area is 64.1 Å². The summed E-state index contributed by atoms with van der Waals surface area (Å²) in [5.74, 6) is 1.38. The fourth-order valence-corrected chi connectivity index (χ4v) is 1.23. The molecular weight excluding hydrogens is 144 g/mol. The number of rotatable bonds is 1. The molecule has 60 valence electrons. The molecule has 11 heavy (non-hydrogen) atoms. The lowest BCUT2D eigenvalue weighted by molar-refractivity contribution is 0.391. The summed E-state index contributed by atoms with van der Waals surface area (Å²) in [7, 11) is 1.56. The minimum Gasteiger partial charge on any atom is -0.478 e. The van der Waals surface area contributed by atoms with E-state index in [4.69, 9.17) is 10.5 Å². The van der Waals surface area contributed by atoms with Crippen molar-refractivity contribution < 1.29 is 4.74 Å². The predicted molar refractivity (Wildman–Crippen MR) is 41.7 cm³/mol. The molecule has 5 nitrogen and oxygen atoms in total. The third-order valence-corrected chi connectivity index (χ3v) is 1.76. The molecule has 1 aliphatic rings. The first-order valence-electron chi connectivity index (χ1n) is 3.47. The summed E-state index contributed by atoms with van der Waals surface area (Å²) >= 11 is 0. The number of hydrogen-bond donors (Lipinski definition) is 2. The zero-order valence-corrected chi connectivity index (χ0v) is 6.29. The highest BCUT2D eigenvalue weighted by Gasteiger charge is 2.19. The first kappa shape index (κ1) is 6.33. The molecule has 0 radical (unpaired) electrons. The van der Waals surface area contributed by atoms with Gasteiger partial charge in [-0.3, -0.25) is 0 Å². The van der Waals surface area contributed by atoms with Gasteiger partial charge in [0.2, 0.25) is 0 Å². The summed E-state index contributed by atoms with van der Waals surface area (Å²) in [6, 6.07) is 0. The van der Waals surface area contributed by atoms with Gasteiger partial charge in [-0.1, -0.05) is 0 Å². The Morgan fingerprint density at radius 1 is 1.73 bits per heavy atom. The van der Waals surface area contributed by atoms with E-state index in [1.54, 1.807) is 7.11 Å². The van der Waals surface area contributed by atoms with Crippen LogP contribution >= 0.6 is 0 Å². The number of nitrogens with zero attached hydrogens (tertiary/aromatic N) is 2. The van der Waals surface area contributed by atoms with Crippen molar-refractivity contribution in [3.8, 4) is 5.88 Å². The summed E-state index contributed by atoms with van der Waals surface area (Å²) in [6.07, 6.45) is 0. The molecule has 1 aliphatic heterocycles. The summed E-state index contributed by atoms with van der Waals surface area (Å²) in [4.78, 5) is 0. The van der Waals surface area contributed by atoms with E-state index in [1.807, 2.05) is 4.68 Å². The largest absolute Gasteiger partial charge is 0.478 e. The number of methoxy groups -OCH3 is 1. The molecule has 5 heteroatoms. The number of hydrogen-bond acceptors (Lipinski definition) is 4. The van der Waals surface area contributed by atoms with Gasteiger partial charge in [0.15, 0.2) is 5.82 Å². The van der Waals surface area contributed by atoms with E-state index in [1.165, 1.54) is 0 Å². The SMILES string of the molecule is COc1nn2c(c1N)NCC2. The highest BCUT2D eigenvalue weighted by molar-refractivity contribution is 5.69. The Hall–Kier alpha value is -1.39. The van der Waals surface area contributed by atoms with Crippen molar-refractivity contribution in [1.82, 2.24) is 9.78 Å². The predicted octanol–water partition coefficient (Wildman–Crippen LogP) is -0.101. The van der Waals surface area contributed by atoms with Crippen LogP contribution in [-0.2, 0) is 6.54 Å². The topological polar surface area (TPSA) is 65.1 Å². The molecule has 2 rings (SSSR count). The van der Waals surface area contributed by atoms with E-state index in [9.17, 15) is 0 Å². The normalized spacial score (nSPS) is 14.3. The molecule has 1 aromatic rings. The molecule has 0 fully saturated rings. The standard InChI is InChI=1S/C6H10N4O/c1-11-6-4(7)5-8-2-3-10(5)9-6/h8H,2-3,7H2,1H3. The molecule has 3 N–H and O–H groups in total. The van der Waals surface area contributed by atoms with Gasteiger partial charge in [-0.05, 0) is 0 Å². The third-order valence-electron chi connectivity index (χ3n) is 1.76. The number of anilines is 2. The Morgan fingerprint density at radius 2 is 2.55 bits per heavy atom. The van der Waals surface area contributed by atoms with Gasteiger partial charge < -0.3 is 15.8 Å². The molecule has 0 amide bonds. The van der Waals surface area contributed by atoms with E-state index in [-0.39, 0.29) is 0 Å². The average molecular weight is 154 g/mol. The summed E-state index contributed by atoms with van der Waals surface area (Å²) < 4.78 is 6.76. The molecule has 0 spiro atoms. The maximum Gasteiger partial charge on any atom is 0.258 e. The Balaban J connectivity index is 2.49. The fraction of sp³-hybridized carbons (Fsp3) is 0.500. The second-order valence-electron chi connectivity index (χ2n) is 2.42. The maximum atomic E-state index is 5.69. The molecule has 1 aromatic heterocycles. The number of nitrogen functional groups attached to an aromatic ring is 1. The van der Waals surface area contributed by atoms with Crippen LogP contribution in [0.25, 0.3) is 0 Å². The second kappa shape index (κ2) is 2.05. The molecular formula is C6H10N4O. The molecule has 0 saturated carbocycles. The van der Waals surface area contributed by atoms with Gasteiger partial charge in [0.25, 0.3) is 5.88 Å². The zero-order chi connectivity index (χ0) is 7.84. The quantitative estimate of drug-likeness (QED) is 0.592. The lowest BCUT2D eigenvalue weighted by atomic mass is 10.5. The number of ether oxygens (including phenoxy) is 1. The van der Waals surface area contributed by atoms with Crippen molar-refractivity contribution in [3.05, 3.63) is 0 Å². The second-order valence-corrected chi connectivity index (χ2v) is 2.42.